The van der Waals surface area contributed by atoms with Crippen molar-refractivity contribution in [3.8, 4) is 11.5 Å². The van der Waals surface area contributed by atoms with E-state index >= 15 is 0 Å². The number of rotatable bonds is 16. The minimum absolute atomic E-state index is 0. The molecule has 0 bridgehead atoms. The third-order valence-corrected chi connectivity index (χ3v) is 4.01. The fraction of sp³-hybridized carbons (Fsp3) is 0.348. The Morgan fingerprint density at radius 2 is 1.41 bits per heavy atom. The summed E-state index contributed by atoms with van der Waals surface area (Å²) in [6.45, 7) is 8.68. The quantitative estimate of drug-likeness (QED) is 0.177. The van der Waals surface area contributed by atoms with Crippen molar-refractivity contribution < 1.29 is 58.5 Å². The average Bonchev–Trinajstić information content (AvgIpc) is 2.77. The van der Waals surface area contributed by atoms with Crippen LogP contribution in [-0.2, 0) is 14.4 Å². The summed E-state index contributed by atoms with van der Waals surface area (Å²) in [5, 5.41) is 16.0. The Bertz CT molecular complexity index is 795. The number of nitrogens with one attached hydrogen (secondary N) is 2. The Hall–Kier alpha value is -2.55. The average molecular weight is 452 g/mol. The predicted molar refractivity (Wildman–Crippen MR) is 116 cm³/mol. The molecule has 0 radical (unpaired) electrons. The summed E-state index contributed by atoms with van der Waals surface area (Å²) in [6, 6.07) is 5.13. The molecule has 8 nitrogen and oxygen atoms in total. The smallest absolute Gasteiger partial charge is 0.545 e. The van der Waals surface area contributed by atoms with Gasteiger partial charge in [-0.2, -0.15) is 0 Å². The van der Waals surface area contributed by atoms with Crippen LogP contribution in [0.2, 0.25) is 0 Å². The van der Waals surface area contributed by atoms with Crippen molar-refractivity contribution in [3.05, 3.63) is 55.1 Å². The van der Waals surface area contributed by atoms with Gasteiger partial charge in [-0.3, -0.25) is 9.59 Å². The molecule has 0 unspecified atom stereocenters. The number of carboxylic acids is 1. The number of aliphatic carboxylic acids is 1. The van der Waals surface area contributed by atoms with Crippen LogP contribution in [0, 0.1) is 0 Å². The first-order valence-corrected chi connectivity index (χ1v) is 10.1. The Labute approximate surface area is 211 Å². The first kappa shape index (κ1) is 29.5. The maximum atomic E-state index is 11.1. The summed E-state index contributed by atoms with van der Waals surface area (Å²) < 4.78 is 11.6. The molecule has 168 valence electrons. The first-order valence-electron chi connectivity index (χ1n) is 10.1. The predicted octanol–water partition coefficient (Wildman–Crippen LogP) is -1.62. The van der Waals surface area contributed by atoms with Gasteiger partial charge in [0, 0.05) is 13.1 Å². The van der Waals surface area contributed by atoms with Crippen LogP contribution < -0.4 is 54.8 Å². The Morgan fingerprint density at radius 3 is 1.91 bits per heavy atom. The van der Waals surface area contributed by atoms with Crippen LogP contribution in [-0.4, -0.2) is 44.1 Å². The van der Waals surface area contributed by atoms with Gasteiger partial charge in [0.2, 0.25) is 11.8 Å². The maximum Gasteiger partial charge on any atom is 1.00 e. The molecule has 1 aromatic rings. The molecule has 0 aliphatic rings. The number of hydrogen-bond donors (Lipinski definition) is 2. The number of unbranched alkanes of at least 4 members (excludes halogenated alkanes) is 2. The molecular formula is C23H29N2NaO6. The zero-order valence-electron chi connectivity index (χ0n) is 18.6. The van der Waals surface area contributed by atoms with Gasteiger partial charge in [0.15, 0.2) is 11.5 Å². The van der Waals surface area contributed by atoms with E-state index in [9.17, 15) is 19.5 Å². The number of ether oxygens (including phenoxy) is 2. The number of carbonyl (C=O) groups excluding carboxylic acids is 3. The Morgan fingerprint density at radius 1 is 0.875 bits per heavy atom. The fourth-order valence-electron chi connectivity index (χ4n) is 2.41. The number of carboxylic acid groups (broad SMARTS) is 1. The van der Waals surface area contributed by atoms with Crippen LogP contribution >= 0.6 is 0 Å². The van der Waals surface area contributed by atoms with Crippen LogP contribution in [0.4, 0.5) is 0 Å². The molecule has 9 heteroatoms. The van der Waals surface area contributed by atoms with E-state index in [-0.39, 0.29) is 41.4 Å². The summed E-state index contributed by atoms with van der Waals surface area (Å²) in [6.07, 6.45) is 7.72. The van der Waals surface area contributed by atoms with Crippen molar-refractivity contribution in [1.82, 2.24) is 10.6 Å². The van der Waals surface area contributed by atoms with Crippen molar-refractivity contribution in [2.24, 2.45) is 0 Å². The van der Waals surface area contributed by atoms with Crippen LogP contribution in [0.25, 0.3) is 6.08 Å². The summed E-state index contributed by atoms with van der Waals surface area (Å²) >= 11 is 0. The number of benzene rings is 1. The van der Waals surface area contributed by atoms with Crippen LogP contribution in [0.5, 0.6) is 11.5 Å². The molecule has 0 heterocycles. The van der Waals surface area contributed by atoms with E-state index in [1.165, 1.54) is 18.2 Å². The van der Waals surface area contributed by atoms with Crippen LogP contribution in [0.1, 0.15) is 31.2 Å². The summed E-state index contributed by atoms with van der Waals surface area (Å²) in [5.41, 5.74) is 0.636. The Balaban J connectivity index is 0.00000961. The second-order valence-corrected chi connectivity index (χ2v) is 6.46. The van der Waals surface area contributed by atoms with Gasteiger partial charge >= 0.3 is 29.6 Å². The van der Waals surface area contributed by atoms with E-state index in [1.807, 2.05) is 0 Å². The van der Waals surface area contributed by atoms with Crippen molar-refractivity contribution in [2.45, 2.75) is 25.7 Å². The minimum Gasteiger partial charge on any atom is -0.545 e. The zero-order valence-corrected chi connectivity index (χ0v) is 20.6. The third-order valence-electron chi connectivity index (χ3n) is 4.01. The molecule has 0 fully saturated rings. The van der Waals surface area contributed by atoms with E-state index in [0.717, 1.165) is 25.3 Å². The molecule has 2 N–H and O–H groups in total. The summed E-state index contributed by atoms with van der Waals surface area (Å²) in [5.74, 6) is -0.668. The zero-order chi connectivity index (χ0) is 22.9. The number of hydrogen-bond acceptors (Lipinski definition) is 6. The van der Waals surface area contributed by atoms with Gasteiger partial charge in [0.05, 0.1) is 19.2 Å². The topological polar surface area (TPSA) is 117 Å². The minimum atomic E-state index is -1.28. The normalized spacial score (nSPS) is 10.0. The summed E-state index contributed by atoms with van der Waals surface area (Å²) in [4.78, 5) is 32.9. The second kappa shape index (κ2) is 18.1. The monoisotopic (exact) mass is 452 g/mol. The molecule has 0 atom stereocenters. The van der Waals surface area contributed by atoms with E-state index in [0.29, 0.717) is 49.8 Å². The molecule has 0 saturated carbocycles. The molecule has 0 aromatic heterocycles. The van der Waals surface area contributed by atoms with Crippen molar-refractivity contribution in [3.63, 3.8) is 0 Å². The van der Waals surface area contributed by atoms with Gasteiger partial charge in [-0.15, -0.1) is 0 Å². The molecule has 0 aliphatic carbocycles. The second-order valence-electron chi connectivity index (χ2n) is 6.46. The van der Waals surface area contributed by atoms with Gasteiger partial charge in [0.25, 0.3) is 0 Å². The molecule has 0 spiro atoms. The SMILES string of the molecule is C=CC(=O)NCCCCOc1ccc(C=CC(=O)[O-])cc1OCCCCNC(=O)C=C.[Na+]. The van der Waals surface area contributed by atoms with Gasteiger partial charge in [-0.05, 0) is 61.6 Å². The molecule has 0 saturated heterocycles. The van der Waals surface area contributed by atoms with Crippen LogP contribution in [0.3, 0.4) is 0 Å². The molecular weight excluding hydrogens is 423 g/mol. The molecule has 2 amide bonds. The molecule has 1 rings (SSSR count). The standard InChI is InChI=1S/C23H30N2O6.Na/c1-3-21(26)24-13-5-7-15-30-19-11-9-18(10-12-23(28)29)17-20(19)31-16-8-6-14-25-22(27)4-2;/h3-4,9-12,17H,1-2,5-8,13-16H2,(H,24,26)(H,25,27)(H,28,29);/q;+1/p-1. The molecule has 1 aromatic carbocycles. The van der Waals surface area contributed by atoms with E-state index in [1.54, 1.807) is 18.2 Å². The largest absolute Gasteiger partial charge is 1.00 e. The molecule has 0 aliphatic heterocycles. The van der Waals surface area contributed by atoms with Crippen molar-refractivity contribution >= 4 is 23.9 Å². The van der Waals surface area contributed by atoms with Gasteiger partial charge in [-0.1, -0.05) is 25.3 Å². The van der Waals surface area contributed by atoms with Crippen LogP contribution in [0.15, 0.2) is 49.6 Å². The first-order chi connectivity index (χ1) is 15.0. The van der Waals surface area contributed by atoms with Crippen molar-refractivity contribution in [2.75, 3.05) is 26.3 Å². The van der Waals surface area contributed by atoms with Gasteiger partial charge < -0.3 is 30.0 Å². The number of carbonyl (C=O) groups is 3. The summed E-state index contributed by atoms with van der Waals surface area (Å²) in [7, 11) is 0. The number of amides is 2. The van der Waals surface area contributed by atoms with Gasteiger partial charge in [0.1, 0.15) is 0 Å². The van der Waals surface area contributed by atoms with Crippen molar-refractivity contribution in [1.29, 1.82) is 0 Å². The third kappa shape index (κ3) is 13.7. The fourth-order valence-corrected chi connectivity index (χ4v) is 2.41. The Kier molecular flexibility index (Phi) is 16.6. The van der Waals surface area contributed by atoms with E-state index < -0.39 is 5.97 Å². The van der Waals surface area contributed by atoms with E-state index in [2.05, 4.69) is 23.8 Å². The van der Waals surface area contributed by atoms with E-state index in [4.69, 9.17) is 9.47 Å². The maximum absolute atomic E-state index is 11.1. The molecule has 32 heavy (non-hydrogen) atoms. The van der Waals surface area contributed by atoms with Gasteiger partial charge in [-0.25, -0.2) is 0 Å².